The molecule has 1 saturated heterocycles. The molecule has 154 valence electrons. The van der Waals surface area contributed by atoms with Gasteiger partial charge in [0.1, 0.15) is 10.8 Å². The van der Waals surface area contributed by atoms with Crippen LogP contribution >= 0.6 is 11.3 Å². The van der Waals surface area contributed by atoms with E-state index in [4.69, 9.17) is 9.72 Å². The van der Waals surface area contributed by atoms with E-state index in [2.05, 4.69) is 53.1 Å². The monoisotopic (exact) mass is 411 g/mol. The number of thiazole rings is 1. The summed E-state index contributed by atoms with van der Waals surface area (Å²) in [5.41, 5.74) is 3.55. The summed E-state index contributed by atoms with van der Waals surface area (Å²) in [6.45, 7) is 7.09. The molecule has 0 amide bonds. The highest BCUT2D eigenvalue weighted by atomic mass is 32.1. The predicted octanol–water partition coefficient (Wildman–Crippen LogP) is 3.68. The van der Waals surface area contributed by atoms with Gasteiger partial charge in [0, 0.05) is 38.8 Å². The van der Waals surface area contributed by atoms with Gasteiger partial charge in [0.05, 0.1) is 23.9 Å². The zero-order chi connectivity index (χ0) is 20.2. The third kappa shape index (κ3) is 4.78. The SMILES string of the molecule is COc1ccc(CN2CCN(Cc3nc4ccccc4s3)C[C@H]2CCO)cc1C. The first kappa shape index (κ1) is 20.3. The van der Waals surface area contributed by atoms with Gasteiger partial charge >= 0.3 is 0 Å². The number of piperazine rings is 1. The lowest BCUT2D eigenvalue weighted by molar-refractivity contribution is 0.0499. The first-order chi connectivity index (χ1) is 14.2. The Morgan fingerprint density at radius 2 is 2.03 bits per heavy atom. The average molecular weight is 412 g/mol. The second-order valence-electron chi connectivity index (χ2n) is 7.75. The molecular weight excluding hydrogens is 382 g/mol. The predicted molar refractivity (Wildman–Crippen MR) is 119 cm³/mol. The Balaban J connectivity index is 1.42. The van der Waals surface area contributed by atoms with Gasteiger partial charge in [-0.25, -0.2) is 4.98 Å². The molecule has 3 aromatic rings. The van der Waals surface area contributed by atoms with Crippen molar-refractivity contribution in [2.75, 3.05) is 33.4 Å². The Morgan fingerprint density at radius 3 is 2.79 bits per heavy atom. The number of para-hydroxylation sites is 1. The molecule has 1 aliphatic rings. The van der Waals surface area contributed by atoms with Crippen molar-refractivity contribution in [3.8, 4) is 5.75 Å². The van der Waals surface area contributed by atoms with Crippen LogP contribution < -0.4 is 4.74 Å². The van der Waals surface area contributed by atoms with E-state index < -0.39 is 0 Å². The molecule has 0 bridgehead atoms. The van der Waals surface area contributed by atoms with E-state index in [0.717, 1.165) is 56.0 Å². The lowest BCUT2D eigenvalue weighted by Gasteiger charge is -2.41. The van der Waals surface area contributed by atoms with Crippen LogP contribution in [0.1, 0.15) is 22.6 Å². The van der Waals surface area contributed by atoms with Gasteiger partial charge in [-0.1, -0.05) is 24.3 Å². The normalized spacial score (nSPS) is 18.4. The molecule has 0 aliphatic carbocycles. The van der Waals surface area contributed by atoms with E-state index in [0.29, 0.717) is 6.04 Å². The molecule has 5 nitrogen and oxygen atoms in total. The topological polar surface area (TPSA) is 48.8 Å². The second kappa shape index (κ2) is 9.22. The van der Waals surface area contributed by atoms with Gasteiger partial charge in [-0.3, -0.25) is 9.80 Å². The smallest absolute Gasteiger partial charge is 0.121 e. The maximum atomic E-state index is 9.61. The number of methoxy groups -OCH3 is 1. The number of aromatic nitrogens is 1. The first-order valence-electron chi connectivity index (χ1n) is 10.2. The number of aryl methyl sites for hydroxylation is 1. The highest BCUT2D eigenvalue weighted by molar-refractivity contribution is 7.18. The number of ether oxygens (including phenoxy) is 1. The molecule has 2 heterocycles. The summed E-state index contributed by atoms with van der Waals surface area (Å²) in [5, 5.41) is 10.8. The van der Waals surface area contributed by atoms with Gasteiger partial charge in [-0.15, -0.1) is 11.3 Å². The molecule has 1 aliphatic heterocycles. The maximum Gasteiger partial charge on any atom is 0.121 e. The summed E-state index contributed by atoms with van der Waals surface area (Å²) in [7, 11) is 1.71. The van der Waals surface area contributed by atoms with Gasteiger partial charge in [0.25, 0.3) is 0 Å². The third-order valence-corrected chi connectivity index (χ3v) is 6.71. The van der Waals surface area contributed by atoms with E-state index in [9.17, 15) is 5.11 Å². The van der Waals surface area contributed by atoms with Gasteiger partial charge < -0.3 is 9.84 Å². The minimum Gasteiger partial charge on any atom is -0.496 e. The maximum absolute atomic E-state index is 9.61. The van der Waals surface area contributed by atoms with E-state index >= 15 is 0 Å². The van der Waals surface area contributed by atoms with Crippen LogP contribution in [0.15, 0.2) is 42.5 Å². The van der Waals surface area contributed by atoms with Crippen molar-refractivity contribution in [2.24, 2.45) is 0 Å². The minimum atomic E-state index is 0.220. The number of aliphatic hydroxyl groups excluding tert-OH is 1. The second-order valence-corrected chi connectivity index (χ2v) is 8.87. The minimum absolute atomic E-state index is 0.220. The van der Waals surface area contributed by atoms with Crippen LogP contribution in [0.3, 0.4) is 0 Å². The van der Waals surface area contributed by atoms with Crippen LogP contribution in [0, 0.1) is 6.92 Å². The lowest BCUT2D eigenvalue weighted by atomic mass is 10.1. The molecule has 0 radical (unpaired) electrons. The van der Waals surface area contributed by atoms with Crippen molar-refractivity contribution >= 4 is 21.6 Å². The number of fused-ring (bicyclic) bond motifs is 1. The molecule has 0 unspecified atom stereocenters. The van der Waals surface area contributed by atoms with Crippen molar-refractivity contribution in [3.63, 3.8) is 0 Å². The van der Waals surface area contributed by atoms with Gasteiger partial charge in [-0.2, -0.15) is 0 Å². The highest BCUT2D eigenvalue weighted by Gasteiger charge is 2.27. The number of aliphatic hydroxyl groups is 1. The van der Waals surface area contributed by atoms with Crippen molar-refractivity contribution in [2.45, 2.75) is 32.5 Å². The van der Waals surface area contributed by atoms with E-state index in [1.165, 1.54) is 15.3 Å². The standard InChI is InChI=1S/C23H29N3O2S/c1-17-13-18(7-8-21(17)28-2)14-26-11-10-25(15-19(26)9-12-27)16-23-24-20-5-3-4-6-22(20)29-23/h3-8,13,19,27H,9-12,14-16H2,1-2H3/t19-/m1/s1. The van der Waals surface area contributed by atoms with Crippen LogP contribution in [0.5, 0.6) is 5.75 Å². The van der Waals surface area contributed by atoms with Crippen LogP contribution in [0.25, 0.3) is 10.2 Å². The Labute approximate surface area is 176 Å². The molecular formula is C23H29N3O2S. The fourth-order valence-electron chi connectivity index (χ4n) is 4.18. The molecule has 0 spiro atoms. The van der Waals surface area contributed by atoms with Gasteiger partial charge in [0.15, 0.2) is 0 Å². The molecule has 1 atom stereocenters. The lowest BCUT2D eigenvalue weighted by Crippen LogP contribution is -2.52. The summed E-state index contributed by atoms with van der Waals surface area (Å²) in [4.78, 5) is 9.78. The highest BCUT2D eigenvalue weighted by Crippen LogP contribution is 2.25. The average Bonchev–Trinajstić information content (AvgIpc) is 3.12. The number of nitrogens with zero attached hydrogens (tertiary/aromatic N) is 3. The van der Waals surface area contributed by atoms with Crippen molar-refractivity contribution in [1.29, 1.82) is 0 Å². The Hall–Kier alpha value is -1.99. The van der Waals surface area contributed by atoms with Gasteiger partial charge in [-0.05, 0) is 42.7 Å². The summed E-state index contributed by atoms with van der Waals surface area (Å²) in [5.74, 6) is 0.932. The Bertz CT molecular complexity index is 925. The molecule has 1 aromatic heterocycles. The van der Waals surface area contributed by atoms with Crippen LogP contribution in [0.2, 0.25) is 0 Å². The zero-order valence-electron chi connectivity index (χ0n) is 17.2. The van der Waals surface area contributed by atoms with Crippen molar-refractivity contribution in [1.82, 2.24) is 14.8 Å². The molecule has 1 N–H and O–H groups in total. The molecule has 29 heavy (non-hydrogen) atoms. The van der Waals surface area contributed by atoms with Crippen LogP contribution in [-0.4, -0.2) is 59.3 Å². The van der Waals surface area contributed by atoms with E-state index in [1.807, 2.05) is 6.07 Å². The Morgan fingerprint density at radius 1 is 1.17 bits per heavy atom. The fourth-order valence-corrected chi connectivity index (χ4v) is 5.19. The zero-order valence-corrected chi connectivity index (χ0v) is 18.0. The van der Waals surface area contributed by atoms with E-state index in [1.54, 1.807) is 18.4 Å². The van der Waals surface area contributed by atoms with Crippen LogP contribution in [-0.2, 0) is 13.1 Å². The number of hydrogen-bond donors (Lipinski definition) is 1. The largest absolute Gasteiger partial charge is 0.496 e. The summed E-state index contributed by atoms with van der Waals surface area (Å²) >= 11 is 1.79. The van der Waals surface area contributed by atoms with Gasteiger partial charge in [0.2, 0.25) is 0 Å². The van der Waals surface area contributed by atoms with Crippen LogP contribution in [0.4, 0.5) is 0 Å². The fraction of sp³-hybridized carbons (Fsp3) is 0.435. The molecule has 6 heteroatoms. The molecule has 2 aromatic carbocycles. The Kier molecular flexibility index (Phi) is 6.45. The summed E-state index contributed by atoms with van der Waals surface area (Å²) in [6, 6.07) is 15.1. The summed E-state index contributed by atoms with van der Waals surface area (Å²) < 4.78 is 6.64. The van der Waals surface area contributed by atoms with Crippen molar-refractivity contribution < 1.29 is 9.84 Å². The number of benzene rings is 2. The number of rotatable bonds is 7. The van der Waals surface area contributed by atoms with E-state index in [-0.39, 0.29) is 6.61 Å². The summed E-state index contributed by atoms with van der Waals surface area (Å²) in [6.07, 6.45) is 0.797. The van der Waals surface area contributed by atoms with Crippen molar-refractivity contribution in [3.05, 3.63) is 58.6 Å². The first-order valence-corrected chi connectivity index (χ1v) is 11.0. The quantitative estimate of drug-likeness (QED) is 0.643. The third-order valence-electron chi connectivity index (χ3n) is 5.69. The molecule has 1 fully saturated rings. The molecule has 4 rings (SSSR count). The number of hydrogen-bond acceptors (Lipinski definition) is 6. The molecule has 0 saturated carbocycles.